The van der Waals surface area contributed by atoms with E-state index in [1.807, 2.05) is 6.92 Å². The van der Waals surface area contributed by atoms with E-state index in [1.165, 1.54) is 12.1 Å². The second kappa shape index (κ2) is 9.00. The highest BCUT2D eigenvalue weighted by atomic mass is 32.2. The minimum absolute atomic E-state index is 0.0820. The van der Waals surface area contributed by atoms with E-state index in [4.69, 9.17) is 15.9 Å². The third-order valence-electron chi connectivity index (χ3n) is 3.31. The fourth-order valence-electron chi connectivity index (χ4n) is 2.10. The van der Waals surface area contributed by atoms with E-state index in [9.17, 15) is 13.2 Å². The van der Waals surface area contributed by atoms with Gasteiger partial charge in [0, 0.05) is 6.54 Å². The van der Waals surface area contributed by atoms with E-state index in [0.29, 0.717) is 13.0 Å². The molecule has 146 valence electrons. The number of ether oxygens (including phenoxy) is 1. The van der Waals surface area contributed by atoms with Crippen molar-refractivity contribution in [2.45, 2.75) is 57.1 Å². The number of nitrogens with two attached hydrogens (primary N) is 1. The number of aryl methyl sites for hydroxylation is 1. The van der Waals surface area contributed by atoms with E-state index in [1.54, 1.807) is 32.9 Å². The molecule has 0 aliphatic heterocycles. The highest BCUT2D eigenvalue weighted by Gasteiger charge is 2.29. The summed E-state index contributed by atoms with van der Waals surface area (Å²) in [6, 6.07) is 5.32. The number of rotatable bonds is 8. The normalized spacial score (nSPS) is 13.1. The van der Waals surface area contributed by atoms with Gasteiger partial charge in [-0.3, -0.25) is 10.2 Å². The minimum Gasteiger partial charge on any atom is -0.459 e. The lowest BCUT2D eigenvalue weighted by atomic mass is 10.1. The van der Waals surface area contributed by atoms with Crippen LogP contribution in [0.4, 0.5) is 0 Å². The van der Waals surface area contributed by atoms with Gasteiger partial charge in [-0.1, -0.05) is 17.7 Å². The van der Waals surface area contributed by atoms with Crippen LogP contribution in [0.2, 0.25) is 0 Å². The molecule has 9 heteroatoms. The Bertz CT molecular complexity index is 724. The van der Waals surface area contributed by atoms with Gasteiger partial charge in [0.05, 0.1) is 4.90 Å². The summed E-state index contributed by atoms with van der Waals surface area (Å²) in [5, 5.41) is 9.74. The Labute approximate surface area is 155 Å². The molecule has 8 nitrogen and oxygen atoms in total. The minimum atomic E-state index is -3.87. The molecule has 0 aliphatic carbocycles. The Balaban J connectivity index is 2.90. The first-order valence-electron chi connectivity index (χ1n) is 8.30. The average molecular weight is 385 g/mol. The quantitative estimate of drug-likeness (QED) is 0.231. The number of nitrogens with one attached hydrogen (secondary N) is 3. The lowest BCUT2D eigenvalue weighted by Gasteiger charge is -2.24. The average Bonchev–Trinajstić information content (AvgIpc) is 2.48. The zero-order valence-electron chi connectivity index (χ0n) is 15.6. The fourth-order valence-corrected chi connectivity index (χ4v) is 3.32. The number of benzene rings is 1. The van der Waals surface area contributed by atoms with Crippen LogP contribution in [0.5, 0.6) is 0 Å². The van der Waals surface area contributed by atoms with Gasteiger partial charge >= 0.3 is 5.97 Å². The number of guanidine groups is 1. The van der Waals surface area contributed by atoms with Crippen molar-refractivity contribution in [2.75, 3.05) is 6.54 Å². The molecule has 1 aromatic carbocycles. The second-order valence-corrected chi connectivity index (χ2v) is 8.72. The molecule has 0 amide bonds. The summed E-state index contributed by atoms with van der Waals surface area (Å²) >= 11 is 0. The van der Waals surface area contributed by atoms with Gasteiger partial charge in [-0.2, -0.15) is 4.72 Å². The SMILES string of the molecule is Cc1ccc(S(=O)(=O)N[C@@H](CCCNC(=N)N)C(=O)OC(C)(C)C)cc1. The van der Waals surface area contributed by atoms with Crippen LogP contribution < -0.4 is 15.8 Å². The molecule has 0 unspecified atom stereocenters. The third-order valence-corrected chi connectivity index (χ3v) is 4.79. The molecule has 5 N–H and O–H groups in total. The number of esters is 1. The summed E-state index contributed by atoms with van der Waals surface area (Å²) in [5.74, 6) is -0.824. The topological polar surface area (TPSA) is 134 Å². The van der Waals surface area contributed by atoms with Crippen LogP contribution in [0.3, 0.4) is 0 Å². The van der Waals surface area contributed by atoms with Gasteiger partial charge in [-0.25, -0.2) is 8.42 Å². The van der Waals surface area contributed by atoms with Crippen molar-refractivity contribution in [1.82, 2.24) is 10.0 Å². The van der Waals surface area contributed by atoms with Gasteiger partial charge in [0.2, 0.25) is 10.0 Å². The summed E-state index contributed by atoms with van der Waals surface area (Å²) in [7, 11) is -3.87. The molecule has 0 aromatic heterocycles. The summed E-state index contributed by atoms with van der Waals surface area (Å²) in [4.78, 5) is 12.5. The molecular formula is C17H28N4O4S. The van der Waals surface area contributed by atoms with E-state index >= 15 is 0 Å². The molecule has 1 aromatic rings. The predicted molar refractivity (Wildman–Crippen MR) is 100 cm³/mol. The molecule has 26 heavy (non-hydrogen) atoms. The second-order valence-electron chi connectivity index (χ2n) is 7.00. The maximum Gasteiger partial charge on any atom is 0.324 e. The molecule has 0 bridgehead atoms. The first-order chi connectivity index (χ1) is 11.9. The fraction of sp³-hybridized carbons (Fsp3) is 0.529. The van der Waals surface area contributed by atoms with Gasteiger partial charge in [0.15, 0.2) is 5.96 Å². The van der Waals surface area contributed by atoms with Crippen molar-refractivity contribution in [3.8, 4) is 0 Å². The summed E-state index contributed by atoms with van der Waals surface area (Å²) in [5.41, 5.74) is 5.41. The Kier molecular flexibility index (Phi) is 7.58. The Hall–Kier alpha value is -2.13. The molecular weight excluding hydrogens is 356 g/mol. The number of carbonyl (C=O) groups excluding carboxylic acids is 1. The summed E-state index contributed by atoms with van der Waals surface area (Å²) in [6.45, 7) is 7.35. The van der Waals surface area contributed by atoms with Crippen LogP contribution in [0.1, 0.15) is 39.2 Å². The van der Waals surface area contributed by atoms with Crippen LogP contribution >= 0.6 is 0 Å². The molecule has 0 radical (unpaired) electrons. The lowest BCUT2D eigenvalue weighted by Crippen LogP contribution is -2.44. The zero-order valence-corrected chi connectivity index (χ0v) is 16.4. The first-order valence-corrected chi connectivity index (χ1v) is 9.79. The Morgan fingerprint density at radius 1 is 1.27 bits per heavy atom. The largest absolute Gasteiger partial charge is 0.459 e. The van der Waals surface area contributed by atoms with Crippen LogP contribution in [-0.2, 0) is 19.6 Å². The monoisotopic (exact) mass is 384 g/mol. The molecule has 0 saturated carbocycles. The summed E-state index contributed by atoms with van der Waals surface area (Å²) < 4.78 is 32.9. The van der Waals surface area contributed by atoms with E-state index < -0.39 is 27.6 Å². The standard InChI is InChI=1S/C17H28N4O4S/c1-12-7-9-13(10-8-12)26(23,24)21-14(6-5-11-20-16(18)19)15(22)25-17(2,3)4/h7-10,14,21H,5-6,11H2,1-4H3,(H4,18,19,20)/t14-/m0/s1. The smallest absolute Gasteiger partial charge is 0.324 e. The zero-order chi connectivity index (χ0) is 20.0. The van der Waals surface area contributed by atoms with Gasteiger partial charge in [-0.15, -0.1) is 0 Å². The highest BCUT2D eigenvalue weighted by Crippen LogP contribution is 2.15. The van der Waals surface area contributed by atoms with Gasteiger partial charge in [0.25, 0.3) is 0 Å². The van der Waals surface area contributed by atoms with E-state index in [2.05, 4.69) is 10.0 Å². The number of hydrogen-bond acceptors (Lipinski definition) is 5. The molecule has 0 saturated heterocycles. The molecule has 0 aliphatic rings. The van der Waals surface area contributed by atoms with Crippen molar-refractivity contribution in [2.24, 2.45) is 5.73 Å². The van der Waals surface area contributed by atoms with Crippen molar-refractivity contribution >= 4 is 22.0 Å². The van der Waals surface area contributed by atoms with Crippen molar-refractivity contribution < 1.29 is 17.9 Å². The number of carbonyl (C=O) groups is 1. The third kappa shape index (κ3) is 7.83. The number of hydrogen-bond donors (Lipinski definition) is 4. The molecule has 1 rings (SSSR count). The molecule has 0 spiro atoms. The molecule has 1 atom stereocenters. The number of sulfonamides is 1. The van der Waals surface area contributed by atoms with Crippen molar-refractivity contribution in [1.29, 1.82) is 5.41 Å². The van der Waals surface area contributed by atoms with Gasteiger partial charge < -0.3 is 15.8 Å². The van der Waals surface area contributed by atoms with Crippen LogP contribution in [0.25, 0.3) is 0 Å². The van der Waals surface area contributed by atoms with Crippen LogP contribution in [-0.4, -0.2) is 38.5 Å². The maximum absolute atomic E-state index is 12.6. The van der Waals surface area contributed by atoms with Gasteiger partial charge in [0.1, 0.15) is 11.6 Å². The van der Waals surface area contributed by atoms with E-state index in [-0.39, 0.29) is 17.3 Å². The Morgan fingerprint density at radius 3 is 2.35 bits per heavy atom. The van der Waals surface area contributed by atoms with Gasteiger partial charge in [-0.05, 0) is 52.7 Å². The van der Waals surface area contributed by atoms with Crippen molar-refractivity contribution in [3.05, 3.63) is 29.8 Å². The first kappa shape index (κ1) is 21.9. The van der Waals surface area contributed by atoms with Crippen LogP contribution in [0, 0.1) is 12.3 Å². The lowest BCUT2D eigenvalue weighted by molar-refractivity contribution is -0.157. The summed E-state index contributed by atoms with van der Waals surface area (Å²) in [6.07, 6.45) is 0.639. The molecule has 0 fully saturated rings. The maximum atomic E-state index is 12.6. The van der Waals surface area contributed by atoms with Crippen LogP contribution in [0.15, 0.2) is 29.2 Å². The Morgan fingerprint density at radius 2 is 1.85 bits per heavy atom. The highest BCUT2D eigenvalue weighted by molar-refractivity contribution is 7.89. The van der Waals surface area contributed by atoms with Crippen molar-refractivity contribution in [3.63, 3.8) is 0 Å². The molecule has 0 heterocycles. The van der Waals surface area contributed by atoms with E-state index in [0.717, 1.165) is 5.56 Å². The predicted octanol–water partition coefficient (Wildman–Crippen LogP) is 1.25.